The molecule has 0 aliphatic heterocycles. The van der Waals surface area contributed by atoms with E-state index in [1.54, 1.807) is 23.1 Å². The van der Waals surface area contributed by atoms with Gasteiger partial charge in [0.1, 0.15) is 5.65 Å². The molecular formula is C17H15N5S2. The number of thiophene rings is 1. The molecule has 120 valence electrons. The molecule has 0 spiro atoms. The Morgan fingerprint density at radius 2 is 2.17 bits per heavy atom. The lowest BCUT2D eigenvalue weighted by molar-refractivity contribution is 0.732. The smallest absolute Gasteiger partial charge is 0.192 e. The fourth-order valence-corrected chi connectivity index (χ4v) is 4.02. The minimum absolute atomic E-state index is 0.688. The predicted molar refractivity (Wildman–Crippen MR) is 98.3 cm³/mol. The number of thioether (sulfide) groups is 1. The Morgan fingerprint density at radius 1 is 1.21 bits per heavy atom. The molecule has 24 heavy (non-hydrogen) atoms. The molecule has 0 N–H and O–H groups in total. The van der Waals surface area contributed by atoms with Crippen LogP contribution in [0, 0.1) is 0 Å². The van der Waals surface area contributed by atoms with E-state index >= 15 is 0 Å². The molecule has 0 saturated carbocycles. The molecule has 4 rings (SSSR count). The quantitative estimate of drug-likeness (QED) is 0.386. The Labute approximate surface area is 147 Å². The molecule has 4 aromatic heterocycles. The predicted octanol–water partition coefficient (Wildman–Crippen LogP) is 4.13. The highest BCUT2D eigenvalue weighted by atomic mass is 32.2. The number of rotatable bonds is 6. The van der Waals surface area contributed by atoms with Crippen LogP contribution >= 0.6 is 23.1 Å². The average Bonchev–Trinajstić information content (AvgIpc) is 3.32. The summed E-state index contributed by atoms with van der Waals surface area (Å²) in [5, 5.41) is 11.7. The highest BCUT2D eigenvalue weighted by Gasteiger charge is 2.14. The first-order valence-electron chi connectivity index (χ1n) is 7.48. The lowest BCUT2D eigenvalue weighted by atomic mass is 10.4. The Balaban J connectivity index is 1.58. The molecule has 4 aromatic rings. The number of aromatic nitrogens is 5. The molecule has 0 fully saturated rings. The molecule has 0 bridgehead atoms. The lowest BCUT2D eigenvalue weighted by Crippen LogP contribution is -1.99. The monoisotopic (exact) mass is 353 g/mol. The van der Waals surface area contributed by atoms with Crippen molar-refractivity contribution in [2.75, 3.05) is 0 Å². The molecule has 7 heteroatoms. The summed E-state index contributed by atoms with van der Waals surface area (Å²) >= 11 is 3.31. The number of nitrogens with zero attached hydrogens (tertiary/aromatic N) is 5. The third-order valence-corrected chi connectivity index (χ3v) is 5.40. The highest BCUT2D eigenvalue weighted by Crippen LogP contribution is 2.28. The van der Waals surface area contributed by atoms with Gasteiger partial charge in [-0.1, -0.05) is 30.0 Å². The molecule has 0 saturated heterocycles. The molecular weight excluding hydrogens is 338 g/mol. The molecule has 0 radical (unpaired) electrons. The Hall–Kier alpha value is -2.38. The number of imidazole rings is 1. The summed E-state index contributed by atoms with van der Waals surface area (Å²) in [5.74, 6) is 1.64. The summed E-state index contributed by atoms with van der Waals surface area (Å²) in [6, 6.07) is 10.1. The van der Waals surface area contributed by atoms with Gasteiger partial charge in [0.25, 0.3) is 0 Å². The zero-order chi connectivity index (χ0) is 16.4. The van der Waals surface area contributed by atoms with Gasteiger partial charge in [-0.2, -0.15) is 0 Å². The van der Waals surface area contributed by atoms with Crippen LogP contribution in [0.3, 0.4) is 0 Å². The van der Waals surface area contributed by atoms with Crippen molar-refractivity contribution in [2.24, 2.45) is 0 Å². The number of allylic oxidation sites excluding steroid dienone is 1. The van der Waals surface area contributed by atoms with Crippen molar-refractivity contribution in [1.82, 2.24) is 24.1 Å². The highest BCUT2D eigenvalue weighted by molar-refractivity contribution is 7.98. The van der Waals surface area contributed by atoms with Gasteiger partial charge in [0, 0.05) is 24.7 Å². The summed E-state index contributed by atoms with van der Waals surface area (Å²) in [5.41, 5.74) is 1.98. The third-order valence-electron chi connectivity index (χ3n) is 3.53. The first-order valence-corrected chi connectivity index (χ1v) is 9.35. The van der Waals surface area contributed by atoms with Crippen LogP contribution in [0.15, 0.2) is 65.9 Å². The topological polar surface area (TPSA) is 48.0 Å². The van der Waals surface area contributed by atoms with Crippen molar-refractivity contribution < 1.29 is 0 Å². The molecule has 0 aliphatic rings. The second-order valence-corrected chi connectivity index (χ2v) is 7.06. The van der Waals surface area contributed by atoms with Gasteiger partial charge in [-0.25, -0.2) is 4.98 Å². The fraction of sp³-hybridized carbons (Fsp3) is 0.118. The van der Waals surface area contributed by atoms with Crippen LogP contribution in [-0.4, -0.2) is 24.1 Å². The molecule has 0 atom stereocenters. The molecule has 0 unspecified atom stereocenters. The van der Waals surface area contributed by atoms with Crippen LogP contribution in [0.25, 0.3) is 16.3 Å². The van der Waals surface area contributed by atoms with Crippen molar-refractivity contribution in [3.8, 4) is 10.7 Å². The van der Waals surface area contributed by atoms with E-state index in [4.69, 9.17) is 0 Å². The van der Waals surface area contributed by atoms with E-state index in [0.717, 1.165) is 33.0 Å². The van der Waals surface area contributed by atoms with E-state index in [9.17, 15) is 0 Å². The Morgan fingerprint density at radius 3 is 2.96 bits per heavy atom. The van der Waals surface area contributed by atoms with Crippen LogP contribution in [0.2, 0.25) is 0 Å². The first-order chi connectivity index (χ1) is 11.8. The van der Waals surface area contributed by atoms with Gasteiger partial charge in [0.2, 0.25) is 0 Å². The summed E-state index contributed by atoms with van der Waals surface area (Å²) in [6.45, 7) is 4.54. The summed E-state index contributed by atoms with van der Waals surface area (Å²) in [4.78, 5) is 5.74. The lowest BCUT2D eigenvalue weighted by Gasteiger charge is -2.05. The van der Waals surface area contributed by atoms with E-state index in [-0.39, 0.29) is 0 Å². The molecule has 5 nitrogen and oxygen atoms in total. The van der Waals surface area contributed by atoms with Crippen LogP contribution in [-0.2, 0) is 12.3 Å². The summed E-state index contributed by atoms with van der Waals surface area (Å²) in [7, 11) is 0. The van der Waals surface area contributed by atoms with E-state index in [2.05, 4.69) is 38.6 Å². The third kappa shape index (κ3) is 2.88. The van der Waals surface area contributed by atoms with Crippen molar-refractivity contribution in [1.29, 1.82) is 0 Å². The van der Waals surface area contributed by atoms with E-state index in [0.29, 0.717) is 6.54 Å². The van der Waals surface area contributed by atoms with E-state index in [1.807, 2.05) is 46.3 Å². The second-order valence-electron chi connectivity index (χ2n) is 5.17. The number of pyridine rings is 1. The van der Waals surface area contributed by atoms with Crippen LogP contribution in [0.1, 0.15) is 5.69 Å². The van der Waals surface area contributed by atoms with Gasteiger partial charge in [0.05, 0.1) is 10.6 Å². The van der Waals surface area contributed by atoms with Gasteiger partial charge in [0.15, 0.2) is 11.0 Å². The molecule has 0 amide bonds. The molecule has 0 aliphatic carbocycles. The Bertz CT molecular complexity index is 935. The van der Waals surface area contributed by atoms with Gasteiger partial charge >= 0.3 is 0 Å². The van der Waals surface area contributed by atoms with Gasteiger partial charge in [-0.3, -0.25) is 4.57 Å². The first kappa shape index (κ1) is 15.2. The Kier molecular flexibility index (Phi) is 4.18. The fourth-order valence-electron chi connectivity index (χ4n) is 2.47. The van der Waals surface area contributed by atoms with Crippen molar-refractivity contribution in [3.63, 3.8) is 0 Å². The standard InChI is InChI=1S/C17H15N5S2/c1-2-8-22-16(14-6-5-10-23-14)19-20-17(22)24-12-13-11-21-9-4-3-7-15(21)18-13/h2-7,9-11H,1,8,12H2. The maximum Gasteiger partial charge on any atom is 0.192 e. The van der Waals surface area contributed by atoms with Gasteiger partial charge in [-0.05, 0) is 23.6 Å². The SMILES string of the molecule is C=CCn1c(SCc2cn3ccccc3n2)nnc1-c1cccs1. The zero-order valence-electron chi connectivity index (χ0n) is 12.9. The number of fused-ring (bicyclic) bond motifs is 1. The second kappa shape index (κ2) is 6.62. The molecule has 4 heterocycles. The normalized spacial score (nSPS) is 11.2. The summed E-state index contributed by atoms with van der Waals surface area (Å²) in [6.07, 6.45) is 5.93. The van der Waals surface area contributed by atoms with Crippen molar-refractivity contribution in [3.05, 3.63) is 66.5 Å². The van der Waals surface area contributed by atoms with E-state index < -0.39 is 0 Å². The van der Waals surface area contributed by atoms with E-state index in [1.165, 1.54) is 0 Å². The number of hydrogen-bond acceptors (Lipinski definition) is 5. The average molecular weight is 353 g/mol. The maximum atomic E-state index is 4.63. The van der Waals surface area contributed by atoms with Crippen molar-refractivity contribution >= 4 is 28.7 Å². The zero-order valence-corrected chi connectivity index (χ0v) is 14.5. The largest absolute Gasteiger partial charge is 0.307 e. The van der Waals surface area contributed by atoms with Crippen LogP contribution in [0.4, 0.5) is 0 Å². The van der Waals surface area contributed by atoms with Crippen LogP contribution in [0.5, 0.6) is 0 Å². The summed E-state index contributed by atoms with van der Waals surface area (Å²) < 4.78 is 4.13. The minimum atomic E-state index is 0.688. The van der Waals surface area contributed by atoms with Crippen LogP contribution < -0.4 is 0 Å². The molecule has 0 aromatic carbocycles. The van der Waals surface area contributed by atoms with Crippen molar-refractivity contribution in [2.45, 2.75) is 17.5 Å². The minimum Gasteiger partial charge on any atom is -0.307 e. The number of hydrogen-bond donors (Lipinski definition) is 0. The van der Waals surface area contributed by atoms with Gasteiger partial charge in [-0.15, -0.1) is 28.1 Å². The van der Waals surface area contributed by atoms with Gasteiger partial charge < -0.3 is 4.40 Å². The maximum absolute atomic E-state index is 4.63.